The van der Waals surface area contributed by atoms with Crippen molar-refractivity contribution in [3.8, 4) is 23.3 Å². The van der Waals surface area contributed by atoms with E-state index in [1.165, 1.54) is 52.1 Å². The van der Waals surface area contributed by atoms with Crippen molar-refractivity contribution in [3.63, 3.8) is 0 Å². The molecule has 1 saturated heterocycles. The number of halogens is 1. The number of H-pyrrole nitrogens is 1. The number of imide groups is 1. The number of sulfonamides is 1. The molecular formula is C58H59ClN12O9S. The summed E-state index contributed by atoms with van der Waals surface area (Å²) in [6.07, 6.45) is 8.46. The Hall–Kier alpha value is -8.59. The number of aromatic amines is 1. The van der Waals surface area contributed by atoms with E-state index >= 15 is 0 Å². The van der Waals surface area contributed by atoms with Gasteiger partial charge in [0.25, 0.3) is 21.8 Å². The van der Waals surface area contributed by atoms with Gasteiger partial charge >= 0.3 is 0 Å². The first-order valence-electron chi connectivity index (χ1n) is 26.3. The molecule has 3 aromatic heterocycles. The molecule has 418 valence electrons. The number of piperidine rings is 1. The average Bonchev–Trinajstić information content (AvgIpc) is 4.44. The zero-order valence-corrected chi connectivity index (χ0v) is 46.0. The number of nitrogens with zero attached hydrogens (tertiary/aromatic N) is 5. The van der Waals surface area contributed by atoms with Gasteiger partial charge in [-0.15, -0.1) is 5.10 Å². The fourth-order valence-electron chi connectivity index (χ4n) is 10.0. The maximum atomic E-state index is 14.0. The van der Waals surface area contributed by atoms with Crippen molar-refractivity contribution in [1.82, 2.24) is 45.2 Å². The van der Waals surface area contributed by atoms with E-state index in [0.29, 0.717) is 64.2 Å². The Morgan fingerprint density at radius 3 is 2.64 bits per heavy atom. The van der Waals surface area contributed by atoms with Crippen molar-refractivity contribution in [1.29, 1.82) is 0 Å². The third kappa shape index (κ3) is 13.4. The highest BCUT2D eigenvalue weighted by atomic mass is 35.5. The number of amides is 4. The van der Waals surface area contributed by atoms with Crippen LogP contribution in [0, 0.1) is 17.3 Å². The summed E-state index contributed by atoms with van der Waals surface area (Å²) in [7, 11) is -4.51. The molecule has 5 heterocycles. The van der Waals surface area contributed by atoms with Gasteiger partial charge in [-0.3, -0.25) is 35.2 Å². The van der Waals surface area contributed by atoms with Crippen LogP contribution in [0.5, 0.6) is 11.5 Å². The number of hydrogen-bond acceptors (Lipinski definition) is 16. The van der Waals surface area contributed by atoms with Crippen LogP contribution < -0.4 is 36.2 Å². The molecule has 23 heteroatoms. The topological polar surface area (TPSA) is 276 Å². The molecule has 81 heavy (non-hydrogen) atoms. The zero-order chi connectivity index (χ0) is 56.7. The van der Waals surface area contributed by atoms with Crippen LogP contribution in [0.2, 0.25) is 5.02 Å². The molecule has 1 atom stereocenters. The van der Waals surface area contributed by atoms with E-state index in [0.717, 1.165) is 36.8 Å². The lowest BCUT2D eigenvalue weighted by Gasteiger charge is -2.34. The molecule has 2 aliphatic heterocycles. The van der Waals surface area contributed by atoms with E-state index in [-0.39, 0.29) is 78.3 Å². The van der Waals surface area contributed by atoms with Gasteiger partial charge in [-0.1, -0.05) is 66.3 Å². The van der Waals surface area contributed by atoms with Crippen LogP contribution in [0.1, 0.15) is 89.1 Å². The van der Waals surface area contributed by atoms with E-state index in [2.05, 4.69) is 84.1 Å². The summed E-state index contributed by atoms with van der Waals surface area (Å²) in [5.41, 5.74) is 10.1. The molecule has 21 nitrogen and oxygen atoms in total. The van der Waals surface area contributed by atoms with Gasteiger partial charge in [0.2, 0.25) is 11.8 Å². The van der Waals surface area contributed by atoms with E-state index < -0.39 is 27.9 Å². The van der Waals surface area contributed by atoms with Gasteiger partial charge in [-0.2, -0.15) is 0 Å². The van der Waals surface area contributed by atoms with Crippen molar-refractivity contribution in [3.05, 3.63) is 154 Å². The largest absolute Gasteiger partial charge is 0.455 e. The number of anilines is 3. The predicted octanol–water partition coefficient (Wildman–Crippen LogP) is 7.63. The Labute approximate surface area is 472 Å². The summed E-state index contributed by atoms with van der Waals surface area (Å²) in [4.78, 5) is 59.8. The van der Waals surface area contributed by atoms with Gasteiger partial charge in [-0.05, 0) is 115 Å². The highest BCUT2D eigenvalue weighted by molar-refractivity contribution is 7.90. The lowest BCUT2D eigenvalue weighted by molar-refractivity contribution is -0.136. The molecule has 0 radical (unpaired) electrons. The van der Waals surface area contributed by atoms with Gasteiger partial charge < -0.3 is 35.3 Å². The monoisotopic (exact) mass is 1130 g/mol. The molecule has 7 aromatic rings. The second-order valence-electron chi connectivity index (χ2n) is 20.6. The molecule has 0 spiro atoms. The summed E-state index contributed by atoms with van der Waals surface area (Å²) in [5.74, 6) is 4.42. The van der Waals surface area contributed by atoms with E-state index in [9.17, 15) is 32.8 Å². The van der Waals surface area contributed by atoms with Crippen LogP contribution in [0.4, 0.5) is 17.1 Å². The smallest absolute Gasteiger partial charge is 0.268 e. The number of ether oxygens (including phenoxy) is 2. The Morgan fingerprint density at radius 1 is 0.963 bits per heavy atom. The van der Waals surface area contributed by atoms with Crippen LogP contribution in [0.15, 0.2) is 120 Å². The number of benzene rings is 4. The minimum Gasteiger partial charge on any atom is -0.455 e. The molecule has 4 amide bonds. The van der Waals surface area contributed by atoms with Gasteiger partial charge in [0.05, 0.1) is 53.9 Å². The summed E-state index contributed by atoms with van der Waals surface area (Å²) >= 11 is 6.21. The van der Waals surface area contributed by atoms with Crippen molar-refractivity contribution in [2.75, 3.05) is 49.0 Å². The minimum atomic E-state index is -4.51. The van der Waals surface area contributed by atoms with Crippen molar-refractivity contribution >= 4 is 78.9 Å². The van der Waals surface area contributed by atoms with Crippen LogP contribution in [0.3, 0.4) is 0 Å². The Bertz CT molecular complexity index is 3760. The fourth-order valence-corrected chi connectivity index (χ4v) is 11.1. The lowest BCUT2D eigenvalue weighted by atomic mass is 9.72. The Kier molecular flexibility index (Phi) is 16.8. The Balaban J connectivity index is 0.725. The van der Waals surface area contributed by atoms with Crippen LogP contribution in [-0.4, -0.2) is 106 Å². The highest BCUT2D eigenvalue weighted by Crippen LogP contribution is 2.43. The predicted molar refractivity (Wildman–Crippen MR) is 304 cm³/mol. The molecule has 1 unspecified atom stereocenters. The normalized spacial score (nSPS) is 15.9. The maximum absolute atomic E-state index is 14.0. The summed E-state index contributed by atoms with van der Waals surface area (Å²) in [6, 6.07) is 24.8. The second-order valence-corrected chi connectivity index (χ2v) is 22.7. The molecule has 0 saturated carbocycles. The number of carbonyl (C=O) groups excluding carboxylic acids is 4. The number of rotatable bonds is 21. The first-order valence-corrected chi connectivity index (χ1v) is 28.2. The highest BCUT2D eigenvalue weighted by Gasteiger charge is 2.40. The molecule has 8 N–H and O–H groups in total. The molecule has 1 fully saturated rings. The maximum Gasteiger partial charge on any atom is 0.268 e. The number of fused-ring (bicyclic) bond motifs is 2. The quantitative estimate of drug-likeness (QED) is 0.0149. The standard InChI is InChI=1S/C58H59ClN12O9S/c1-58(2)20-18-39(47(30-58)37-8-10-40(59)11-9-37)31-60-22-23-61-41-12-14-46(52(28-41)80-43-27-38-19-21-62-54(38)64-33-43)55(73)68-81(77,78)44-13-15-49(50(29-44)67-76)63-32-42-34-70(69-66-42)24-26-79-25-4-6-36-5-3-7-45-48(36)35-71(57(45)75)51-16-17-53(72)65-56(51)74/h3,5,7-15,19,21,27-29,33-34,51,60-61,63,67,76H,16-18,20,22-26,30-32,35H2,1-2H3,(H,62,64)(H,68,73)(H,65,72,74). The number of aromatic nitrogens is 5. The third-order valence-electron chi connectivity index (χ3n) is 14.3. The molecule has 4 aromatic carbocycles. The molecule has 3 aliphatic rings. The molecule has 10 rings (SSSR count). The number of allylic oxidation sites excluding steroid dienone is 1. The van der Waals surface area contributed by atoms with Crippen molar-refractivity contribution in [2.45, 2.75) is 76.5 Å². The zero-order valence-electron chi connectivity index (χ0n) is 44.4. The lowest BCUT2D eigenvalue weighted by Crippen LogP contribution is -2.52. The second kappa shape index (κ2) is 24.4. The minimum absolute atomic E-state index is 0.00826. The first kappa shape index (κ1) is 55.7. The van der Waals surface area contributed by atoms with Gasteiger partial charge in [-0.25, -0.2) is 22.8 Å². The number of pyridine rings is 1. The summed E-state index contributed by atoms with van der Waals surface area (Å²) in [6.45, 7) is 7.57. The Morgan fingerprint density at radius 2 is 1.81 bits per heavy atom. The van der Waals surface area contributed by atoms with Gasteiger partial charge in [0.1, 0.15) is 35.5 Å². The summed E-state index contributed by atoms with van der Waals surface area (Å²) < 4.78 is 43.4. The molecule has 1 aliphatic carbocycles. The first-order chi connectivity index (χ1) is 39.1. The van der Waals surface area contributed by atoms with Crippen LogP contribution >= 0.6 is 11.6 Å². The number of nitrogens with one attached hydrogen (secondary N) is 7. The third-order valence-corrected chi connectivity index (χ3v) is 15.9. The van der Waals surface area contributed by atoms with E-state index in [1.54, 1.807) is 53.5 Å². The van der Waals surface area contributed by atoms with Crippen LogP contribution in [0.25, 0.3) is 16.6 Å². The molecule has 0 bridgehead atoms. The molecular weight excluding hydrogens is 1080 g/mol. The SMILES string of the molecule is CC1(C)CCC(CNCCNc2ccc(C(=O)NS(=O)(=O)c3ccc(NCc4cn(CCOCC#Cc5cccc6c5CN(C5CCC(=O)NC5=O)C6=O)nn4)c(NO)c3)c(Oc3cnc4[nH]ccc4c3)c2)=C(c2ccc(Cl)cc2)C1. The van der Waals surface area contributed by atoms with Crippen molar-refractivity contribution < 1.29 is 42.3 Å². The average molecular weight is 1140 g/mol. The van der Waals surface area contributed by atoms with Crippen molar-refractivity contribution in [2.24, 2.45) is 5.41 Å². The van der Waals surface area contributed by atoms with Gasteiger partial charge in [0.15, 0.2) is 0 Å². The van der Waals surface area contributed by atoms with Crippen LogP contribution in [-0.2, 0) is 44.0 Å². The van der Waals surface area contributed by atoms with Gasteiger partial charge in [0, 0.05) is 72.1 Å². The van der Waals surface area contributed by atoms with E-state index in [4.69, 9.17) is 21.1 Å². The fraction of sp³-hybridized carbons (Fsp3) is 0.293. The number of carbonyl (C=O) groups is 4. The summed E-state index contributed by atoms with van der Waals surface area (Å²) in [5, 5.41) is 32.3. The number of hydrogen-bond donors (Lipinski definition) is 8. The van der Waals surface area contributed by atoms with E-state index in [1.807, 2.05) is 23.7 Å².